The normalized spacial score (nSPS) is 19.6. The van der Waals surface area contributed by atoms with E-state index in [0.29, 0.717) is 11.6 Å². The molecule has 0 atom stereocenters. The first-order chi connectivity index (χ1) is 6.98. The van der Waals surface area contributed by atoms with Gasteiger partial charge in [-0.1, -0.05) is 11.6 Å². The van der Waals surface area contributed by atoms with Crippen molar-refractivity contribution in [1.82, 2.24) is 0 Å². The molecule has 1 saturated heterocycles. The van der Waals surface area contributed by atoms with Crippen molar-refractivity contribution in [2.24, 2.45) is 0 Å². The van der Waals surface area contributed by atoms with Crippen molar-refractivity contribution >= 4 is 17.3 Å². The van der Waals surface area contributed by atoms with E-state index in [1.54, 1.807) is 23.1 Å². The highest BCUT2D eigenvalue weighted by molar-refractivity contribution is 6.30. The Morgan fingerprint density at radius 1 is 1.40 bits per heavy atom. The molecule has 0 saturated carbocycles. The number of nitrogens with zero attached hydrogens (tertiary/aromatic N) is 1. The fourth-order valence-electron chi connectivity index (χ4n) is 1.92. The van der Waals surface area contributed by atoms with Crippen LogP contribution in [-0.4, -0.2) is 19.0 Å². The van der Waals surface area contributed by atoms with Gasteiger partial charge in [-0.05, 0) is 30.7 Å². The fourth-order valence-corrected chi connectivity index (χ4v) is 2.14. The van der Waals surface area contributed by atoms with Crippen molar-refractivity contribution in [3.8, 4) is 0 Å². The summed E-state index contributed by atoms with van der Waals surface area (Å²) in [6.45, 7) is 2.11. The maximum atomic E-state index is 13.0. The standard InChI is InChI=1S/C11H12ClF2N/c1-8-6-9(12)2-3-10(8)15-5-4-11(13,14)7-15/h2-3,6H,4-5,7H2,1H3. The molecule has 2 rings (SSSR count). The Bertz CT molecular complexity index is 379. The zero-order valence-electron chi connectivity index (χ0n) is 8.43. The van der Waals surface area contributed by atoms with Crippen LogP contribution >= 0.6 is 11.6 Å². The van der Waals surface area contributed by atoms with E-state index in [9.17, 15) is 8.78 Å². The van der Waals surface area contributed by atoms with Crippen molar-refractivity contribution in [2.45, 2.75) is 19.3 Å². The summed E-state index contributed by atoms with van der Waals surface area (Å²) in [7, 11) is 0. The Morgan fingerprint density at radius 2 is 2.13 bits per heavy atom. The molecule has 0 spiro atoms. The maximum absolute atomic E-state index is 13.0. The van der Waals surface area contributed by atoms with Gasteiger partial charge in [0.2, 0.25) is 0 Å². The number of halogens is 3. The molecule has 0 amide bonds. The first-order valence-corrected chi connectivity index (χ1v) is 5.25. The molecule has 0 N–H and O–H groups in total. The maximum Gasteiger partial charge on any atom is 0.266 e. The number of benzene rings is 1. The lowest BCUT2D eigenvalue weighted by Crippen LogP contribution is -2.25. The first-order valence-electron chi connectivity index (χ1n) is 4.87. The van der Waals surface area contributed by atoms with E-state index in [4.69, 9.17) is 11.6 Å². The van der Waals surface area contributed by atoms with E-state index in [1.807, 2.05) is 6.92 Å². The van der Waals surface area contributed by atoms with Crippen molar-refractivity contribution in [2.75, 3.05) is 18.0 Å². The quantitative estimate of drug-likeness (QED) is 0.715. The smallest absolute Gasteiger partial charge is 0.266 e. The van der Waals surface area contributed by atoms with Crippen LogP contribution in [0.15, 0.2) is 18.2 Å². The second-order valence-electron chi connectivity index (χ2n) is 3.96. The third-order valence-electron chi connectivity index (χ3n) is 2.67. The highest BCUT2D eigenvalue weighted by Crippen LogP contribution is 2.33. The SMILES string of the molecule is Cc1cc(Cl)ccc1N1CCC(F)(F)C1. The number of aryl methyl sites for hydroxylation is 1. The molecular formula is C11H12ClF2N. The summed E-state index contributed by atoms with van der Waals surface area (Å²) in [4.78, 5) is 1.71. The lowest BCUT2D eigenvalue weighted by Gasteiger charge is -2.20. The summed E-state index contributed by atoms with van der Waals surface area (Å²) < 4.78 is 26.0. The van der Waals surface area contributed by atoms with Gasteiger partial charge in [0.05, 0.1) is 6.54 Å². The monoisotopic (exact) mass is 231 g/mol. The fraction of sp³-hybridized carbons (Fsp3) is 0.455. The molecule has 1 heterocycles. The van der Waals surface area contributed by atoms with E-state index < -0.39 is 5.92 Å². The van der Waals surface area contributed by atoms with E-state index in [-0.39, 0.29) is 13.0 Å². The van der Waals surface area contributed by atoms with Crippen molar-refractivity contribution in [3.63, 3.8) is 0 Å². The van der Waals surface area contributed by atoms with E-state index in [2.05, 4.69) is 0 Å². The molecule has 0 bridgehead atoms. The zero-order chi connectivity index (χ0) is 11.1. The third kappa shape index (κ3) is 2.23. The lowest BCUT2D eigenvalue weighted by molar-refractivity contribution is 0.0257. The predicted octanol–water partition coefficient (Wildman–Crippen LogP) is 3.49. The Balaban J connectivity index is 2.24. The highest BCUT2D eigenvalue weighted by Gasteiger charge is 2.38. The summed E-state index contributed by atoms with van der Waals surface area (Å²) in [5, 5.41) is 0.641. The molecule has 15 heavy (non-hydrogen) atoms. The molecule has 1 fully saturated rings. The molecular weight excluding hydrogens is 220 g/mol. The van der Waals surface area contributed by atoms with Gasteiger partial charge in [0.1, 0.15) is 0 Å². The Labute approximate surface area is 92.6 Å². The summed E-state index contributed by atoms with van der Waals surface area (Å²) in [6, 6.07) is 5.34. The molecule has 82 valence electrons. The highest BCUT2D eigenvalue weighted by atomic mass is 35.5. The van der Waals surface area contributed by atoms with Gasteiger partial charge >= 0.3 is 0 Å². The number of hydrogen-bond donors (Lipinski definition) is 0. The van der Waals surface area contributed by atoms with Gasteiger partial charge < -0.3 is 4.90 Å². The Morgan fingerprint density at radius 3 is 2.67 bits per heavy atom. The predicted molar refractivity (Wildman–Crippen MR) is 58.0 cm³/mol. The van der Waals surface area contributed by atoms with Crippen LogP contribution < -0.4 is 4.90 Å². The largest absolute Gasteiger partial charge is 0.365 e. The zero-order valence-corrected chi connectivity index (χ0v) is 9.19. The van der Waals surface area contributed by atoms with Crippen LogP contribution in [0.3, 0.4) is 0 Å². The van der Waals surface area contributed by atoms with Crippen LogP contribution in [0.1, 0.15) is 12.0 Å². The Hall–Kier alpha value is -0.830. The molecule has 0 unspecified atom stereocenters. The number of alkyl halides is 2. The molecule has 1 aliphatic heterocycles. The van der Waals surface area contributed by atoms with Gasteiger partial charge in [-0.2, -0.15) is 0 Å². The van der Waals surface area contributed by atoms with Gasteiger partial charge in [-0.15, -0.1) is 0 Å². The van der Waals surface area contributed by atoms with Gasteiger partial charge in [0.25, 0.3) is 5.92 Å². The Kier molecular flexibility index (Phi) is 2.59. The minimum absolute atomic E-state index is 0.0604. The molecule has 0 aromatic heterocycles. The van der Waals surface area contributed by atoms with E-state index in [0.717, 1.165) is 11.3 Å². The number of anilines is 1. The summed E-state index contributed by atoms with van der Waals surface area (Å²) in [6.07, 6.45) is -0.0604. The van der Waals surface area contributed by atoms with E-state index >= 15 is 0 Å². The molecule has 1 aliphatic rings. The molecule has 1 aromatic carbocycles. The minimum Gasteiger partial charge on any atom is -0.365 e. The van der Waals surface area contributed by atoms with Crippen molar-refractivity contribution in [1.29, 1.82) is 0 Å². The average molecular weight is 232 g/mol. The molecule has 4 heteroatoms. The van der Waals surface area contributed by atoms with Crippen molar-refractivity contribution in [3.05, 3.63) is 28.8 Å². The van der Waals surface area contributed by atoms with Crippen LogP contribution in [0.5, 0.6) is 0 Å². The van der Waals surface area contributed by atoms with Gasteiger partial charge in [0, 0.05) is 23.7 Å². The number of hydrogen-bond acceptors (Lipinski definition) is 1. The van der Waals surface area contributed by atoms with E-state index in [1.165, 1.54) is 0 Å². The lowest BCUT2D eigenvalue weighted by atomic mass is 10.2. The molecule has 1 nitrogen and oxygen atoms in total. The summed E-state index contributed by atoms with van der Waals surface area (Å²) >= 11 is 5.81. The second-order valence-corrected chi connectivity index (χ2v) is 4.39. The summed E-state index contributed by atoms with van der Waals surface area (Å²) in [5.74, 6) is -2.55. The van der Waals surface area contributed by atoms with Crippen LogP contribution in [-0.2, 0) is 0 Å². The van der Waals surface area contributed by atoms with Crippen LogP contribution in [0.25, 0.3) is 0 Å². The molecule has 0 aliphatic carbocycles. The van der Waals surface area contributed by atoms with Crippen molar-refractivity contribution < 1.29 is 8.78 Å². The van der Waals surface area contributed by atoms with Crippen LogP contribution in [0.2, 0.25) is 5.02 Å². The summed E-state index contributed by atoms with van der Waals surface area (Å²) in [5.41, 5.74) is 1.80. The van der Waals surface area contributed by atoms with Gasteiger partial charge in [0.15, 0.2) is 0 Å². The topological polar surface area (TPSA) is 3.24 Å². The minimum atomic E-state index is -2.55. The van der Waals surface area contributed by atoms with Gasteiger partial charge in [-0.25, -0.2) is 8.78 Å². The first kappa shape index (κ1) is 10.7. The van der Waals surface area contributed by atoms with Crippen LogP contribution in [0.4, 0.5) is 14.5 Å². The van der Waals surface area contributed by atoms with Crippen LogP contribution in [0, 0.1) is 6.92 Å². The van der Waals surface area contributed by atoms with Gasteiger partial charge in [-0.3, -0.25) is 0 Å². The third-order valence-corrected chi connectivity index (χ3v) is 2.90. The molecule has 1 aromatic rings. The number of rotatable bonds is 1. The molecule has 0 radical (unpaired) electrons. The second kappa shape index (κ2) is 3.63. The average Bonchev–Trinajstić information content (AvgIpc) is 2.46.